The summed E-state index contributed by atoms with van der Waals surface area (Å²) < 4.78 is 0. The number of phenols is 1. The van der Waals surface area contributed by atoms with Crippen molar-refractivity contribution in [2.45, 2.75) is 0 Å². The molecule has 0 unspecified atom stereocenters. The zero-order valence-electron chi connectivity index (χ0n) is 5.63. The molecule has 0 amide bonds. The quantitative estimate of drug-likeness (QED) is 0.440. The van der Waals surface area contributed by atoms with Crippen LogP contribution in [-0.4, -0.2) is 10.9 Å². The monoisotopic (exact) mass is 170 g/mol. The first kappa shape index (κ1) is 7.88. The zero-order chi connectivity index (χ0) is 8.43. The van der Waals surface area contributed by atoms with Gasteiger partial charge >= 0.3 is 0 Å². The number of aromatic hydroxyl groups is 1. The summed E-state index contributed by atoms with van der Waals surface area (Å²) in [6, 6.07) is 4.38. The van der Waals surface area contributed by atoms with Crippen LogP contribution in [0.25, 0.3) is 0 Å². The molecule has 3 nitrogen and oxygen atoms in total. The summed E-state index contributed by atoms with van der Waals surface area (Å²) in [6.45, 7) is 0. The van der Waals surface area contributed by atoms with Crippen molar-refractivity contribution in [3.8, 4) is 5.75 Å². The number of phenolic OH excluding ortho intramolecular Hbond substituents is 1. The lowest BCUT2D eigenvalue weighted by Gasteiger charge is -2.01. The van der Waals surface area contributed by atoms with Crippen molar-refractivity contribution in [2.75, 3.05) is 0 Å². The number of amidine groups is 1. The molecule has 0 saturated heterocycles. The van der Waals surface area contributed by atoms with Crippen LogP contribution >= 0.6 is 11.6 Å². The number of nitrogen functional groups attached to an aromatic ring is 1. The van der Waals surface area contributed by atoms with Gasteiger partial charge in [-0.05, 0) is 18.2 Å². The highest BCUT2D eigenvalue weighted by Gasteiger charge is 2.03. The van der Waals surface area contributed by atoms with Crippen LogP contribution in [0.5, 0.6) is 5.75 Å². The highest BCUT2D eigenvalue weighted by atomic mass is 35.5. The summed E-state index contributed by atoms with van der Waals surface area (Å²) in [5, 5.41) is 16.6. The number of rotatable bonds is 1. The topological polar surface area (TPSA) is 70.1 Å². The fraction of sp³-hybridized carbons (Fsp3) is 0. The van der Waals surface area contributed by atoms with Gasteiger partial charge in [0.05, 0.1) is 5.56 Å². The molecule has 0 radical (unpaired) electrons. The van der Waals surface area contributed by atoms with Crippen LogP contribution < -0.4 is 5.73 Å². The Bertz CT molecular complexity index is 298. The minimum atomic E-state index is -0.190. The molecule has 0 aliphatic rings. The van der Waals surface area contributed by atoms with Gasteiger partial charge in [-0.15, -0.1) is 0 Å². The van der Waals surface area contributed by atoms with Crippen LogP contribution in [0, 0.1) is 5.41 Å². The van der Waals surface area contributed by atoms with Crippen LogP contribution in [-0.2, 0) is 0 Å². The molecule has 1 aromatic carbocycles. The van der Waals surface area contributed by atoms with E-state index in [1.807, 2.05) is 0 Å². The third-order valence-corrected chi connectivity index (χ3v) is 1.48. The van der Waals surface area contributed by atoms with E-state index in [9.17, 15) is 0 Å². The number of nitrogens with two attached hydrogens (primary N) is 1. The summed E-state index contributed by atoms with van der Waals surface area (Å²) in [4.78, 5) is 0. The molecular formula is C7H7ClN2O. The Kier molecular flexibility index (Phi) is 2.01. The van der Waals surface area contributed by atoms with Gasteiger partial charge in [0, 0.05) is 5.02 Å². The summed E-state index contributed by atoms with van der Waals surface area (Å²) in [5.74, 6) is -0.216. The third kappa shape index (κ3) is 1.62. The van der Waals surface area contributed by atoms with Gasteiger partial charge in [0.2, 0.25) is 0 Å². The molecule has 0 aliphatic heterocycles. The van der Waals surface area contributed by atoms with E-state index >= 15 is 0 Å². The molecule has 4 heteroatoms. The molecule has 0 fully saturated rings. The molecule has 0 aromatic heterocycles. The van der Waals surface area contributed by atoms with Crippen molar-refractivity contribution in [3.63, 3.8) is 0 Å². The van der Waals surface area contributed by atoms with Crippen LogP contribution in [0.15, 0.2) is 18.2 Å². The Morgan fingerprint density at radius 1 is 1.55 bits per heavy atom. The molecule has 4 N–H and O–H groups in total. The lowest BCUT2D eigenvalue weighted by atomic mass is 10.2. The van der Waals surface area contributed by atoms with Gasteiger partial charge in [-0.25, -0.2) is 0 Å². The summed E-state index contributed by atoms with van der Waals surface area (Å²) in [7, 11) is 0. The van der Waals surface area contributed by atoms with E-state index in [0.717, 1.165) is 0 Å². The number of hydrogen-bond acceptors (Lipinski definition) is 2. The first-order valence-electron chi connectivity index (χ1n) is 2.94. The van der Waals surface area contributed by atoms with Crippen LogP contribution in [0.4, 0.5) is 0 Å². The van der Waals surface area contributed by atoms with Gasteiger partial charge in [-0.3, -0.25) is 5.41 Å². The second-order valence-corrected chi connectivity index (χ2v) is 2.51. The van der Waals surface area contributed by atoms with E-state index in [2.05, 4.69) is 0 Å². The van der Waals surface area contributed by atoms with Gasteiger partial charge in [0.25, 0.3) is 0 Å². The highest BCUT2D eigenvalue weighted by molar-refractivity contribution is 6.31. The van der Waals surface area contributed by atoms with Crippen LogP contribution in [0.3, 0.4) is 0 Å². The zero-order valence-corrected chi connectivity index (χ0v) is 6.39. The highest BCUT2D eigenvalue weighted by Crippen LogP contribution is 2.20. The van der Waals surface area contributed by atoms with Gasteiger partial charge in [-0.1, -0.05) is 11.6 Å². The Balaban J connectivity index is 3.23. The van der Waals surface area contributed by atoms with E-state index in [1.54, 1.807) is 0 Å². The van der Waals surface area contributed by atoms with E-state index in [1.165, 1.54) is 18.2 Å². The van der Waals surface area contributed by atoms with Crippen LogP contribution in [0.2, 0.25) is 5.02 Å². The van der Waals surface area contributed by atoms with Crippen molar-refractivity contribution < 1.29 is 5.11 Å². The first-order chi connectivity index (χ1) is 5.11. The Hall–Kier alpha value is -1.22. The molecule has 0 saturated carbocycles. The molecule has 0 heterocycles. The van der Waals surface area contributed by atoms with E-state index in [-0.39, 0.29) is 17.1 Å². The van der Waals surface area contributed by atoms with Gasteiger partial charge < -0.3 is 10.8 Å². The minimum absolute atomic E-state index is 0.0260. The van der Waals surface area contributed by atoms with Crippen molar-refractivity contribution in [3.05, 3.63) is 28.8 Å². The predicted octanol–water partition coefficient (Wildman–Crippen LogP) is 1.33. The number of benzene rings is 1. The molecule has 58 valence electrons. The van der Waals surface area contributed by atoms with Gasteiger partial charge in [0.15, 0.2) is 0 Å². The van der Waals surface area contributed by atoms with Crippen molar-refractivity contribution in [1.82, 2.24) is 0 Å². The van der Waals surface area contributed by atoms with E-state index < -0.39 is 0 Å². The first-order valence-corrected chi connectivity index (χ1v) is 3.32. The molecule has 1 rings (SSSR count). The predicted molar refractivity (Wildman–Crippen MR) is 44.1 cm³/mol. The number of hydrogen-bond donors (Lipinski definition) is 3. The van der Waals surface area contributed by atoms with Crippen LogP contribution in [0.1, 0.15) is 5.56 Å². The van der Waals surface area contributed by atoms with Crippen molar-refractivity contribution in [2.24, 2.45) is 5.73 Å². The molecule has 0 spiro atoms. The summed E-state index contributed by atoms with van der Waals surface area (Å²) in [5.41, 5.74) is 5.41. The molecule has 0 atom stereocenters. The summed E-state index contributed by atoms with van der Waals surface area (Å²) in [6.07, 6.45) is 0. The standard InChI is InChI=1S/C7H7ClN2O/c8-4-1-2-6(11)5(3-4)7(9)10/h1-3,11H,(H3,9,10). The Labute approximate surface area is 68.9 Å². The fourth-order valence-corrected chi connectivity index (χ4v) is 0.896. The number of nitrogens with one attached hydrogen (secondary N) is 1. The maximum absolute atomic E-state index is 9.13. The molecule has 0 aliphatic carbocycles. The molecule has 0 bridgehead atoms. The fourth-order valence-electron chi connectivity index (χ4n) is 0.724. The van der Waals surface area contributed by atoms with Crippen molar-refractivity contribution in [1.29, 1.82) is 5.41 Å². The lowest BCUT2D eigenvalue weighted by molar-refractivity contribution is 0.474. The second kappa shape index (κ2) is 2.80. The molecular weight excluding hydrogens is 164 g/mol. The SMILES string of the molecule is N=C(N)c1cc(Cl)ccc1O. The maximum atomic E-state index is 9.13. The average molecular weight is 171 g/mol. The average Bonchev–Trinajstić information content (AvgIpc) is 1.94. The largest absolute Gasteiger partial charge is 0.507 e. The Morgan fingerprint density at radius 2 is 2.18 bits per heavy atom. The minimum Gasteiger partial charge on any atom is -0.507 e. The molecule has 1 aromatic rings. The second-order valence-electron chi connectivity index (χ2n) is 2.08. The lowest BCUT2D eigenvalue weighted by Crippen LogP contribution is -2.10. The summed E-state index contributed by atoms with van der Waals surface area (Å²) >= 11 is 5.60. The van der Waals surface area contributed by atoms with Gasteiger partial charge in [-0.2, -0.15) is 0 Å². The normalized spacial score (nSPS) is 9.55. The van der Waals surface area contributed by atoms with Crippen molar-refractivity contribution >= 4 is 17.4 Å². The van der Waals surface area contributed by atoms with E-state index in [0.29, 0.717) is 5.02 Å². The Morgan fingerprint density at radius 3 is 2.64 bits per heavy atom. The molecule has 11 heavy (non-hydrogen) atoms. The smallest absolute Gasteiger partial charge is 0.126 e. The number of halogens is 1. The third-order valence-electron chi connectivity index (χ3n) is 1.25. The maximum Gasteiger partial charge on any atom is 0.126 e. The van der Waals surface area contributed by atoms with Gasteiger partial charge in [0.1, 0.15) is 11.6 Å². The van der Waals surface area contributed by atoms with E-state index in [4.69, 9.17) is 27.9 Å².